The van der Waals surface area contributed by atoms with Gasteiger partial charge in [0.2, 0.25) is 5.91 Å². The third-order valence-corrected chi connectivity index (χ3v) is 4.42. The zero-order valence-electron chi connectivity index (χ0n) is 15.7. The smallest absolute Gasteiger partial charge is 0.405 e. The van der Waals surface area contributed by atoms with Crippen LogP contribution in [0.25, 0.3) is 0 Å². The highest BCUT2D eigenvalue weighted by atomic mass is 19.4. The number of ether oxygens (including phenoxy) is 1. The van der Waals surface area contributed by atoms with Crippen LogP contribution in [0, 0.1) is 0 Å². The molecule has 8 heteroatoms. The molecule has 1 aromatic rings. The third-order valence-electron chi connectivity index (χ3n) is 4.42. The minimum atomic E-state index is -4.48. The van der Waals surface area contributed by atoms with Gasteiger partial charge in [0.1, 0.15) is 18.3 Å². The van der Waals surface area contributed by atoms with Gasteiger partial charge in [0.05, 0.1) is 0 Å². The summed E-state index contributed by atoms with van der Waals surface area (Å²) in [5, 5.41) is 1.84. The molecule has 0 aliphatic carbocycles. The van der Waals surface area contributed by atoms with Crippen LogP contribution in [0.1, 0.15) is 39.2 Å². The molecule has 0 aromatic heterocycles. The van der Waals surface area contributed by atoms with Gasteiger partial charge in [0.15, 0.2) is 6.61 Å². The third kappa shape index (κ3) is 6.15. The number of hydrogen-bond donors (Lipinski definition) is 1. The number of hydrogen-bond acceptors (Lipinski definition) is 3. The number of alkyl halides is 3. The summed E-state index contributed by atoms with van der Waals surface area (Å²) in [5.74, 6) is -0.680. The van der Waals surface area contributed by atoms with E-state index in [1.807, 2.05) is 17.4 Å². The average molecular weight is 386 g/mol. The van der Waals surface area contributed by atoms with E-state index in [-0.39, 0.29) is 12.0 Å². The van der Waals surface area contributed by atoms with Gasteiger partial charge in [0, 0.05) is 6.54 Å². The number of halogens is 3. The van der Waals surface area contributed by atoms with Crippen molar-refractivity contribution in [3.63, 3.8) is 0 Å². The second-order valence-corrected chi connectivity index (χ2v) is 7.64. The summed E-state index contributed by atoms with van der Waals surface area (Å²) < 4.78 is 42.2. The monoisotopic (exact) mass is 386 g/mol. The van der Waals surface area contributed by atoms with Gasteiger partial charge in [-0.25, -0.2) is 0 Å². The van der Waals surface area contributed by atoms with Crippen LogP contribution in [-0.2, 0) is 15.0 Å². The predicted octanol–water partition coefficient (Wildman–Crippen LogP) is 3.03. The Kier molecular flexibility index (Phi) is 6.38. The van der Waals surface area contributed by atoms with Gasteiger partial charge in [0.25, 0.3) is 5.91 Å². The highest BCUT2D eigenvalue weighted by Crippen LogP contribution is 2.24. The SMILES string of the molecule is CC(C)(C)c1ccc(OCC(=O)N2CCCC2C(=O)NCC(F)(F)F)cc1. The summed E-state index contributed by atoms with van der Waals surface area (Å²) >= 11 is 0. The van der Waals surface area contributed by atoms with E-state index in [0.29, 0.717) is 25.1 Å². The highest BCUT2D eigenvalue weighted by Gasteiger charge is 2.36. The zero-order chi connectivity index (χ0) is 20.2. The fourth-order valence-electron chi connectivity index (χ4n) is 2.92. The van der Waals surface area contributed by atoms with Gasteiger partial charge in [-0.15, -0.1) is 0 Å². The number of nitrogens with zero attached hydrogens (tertiary/aromatic N) is 1. The van der Waals surface area contributed by atoms with Crippen LogP contribution >= 0.6 is 0 Å². The Morgan fingerprint density at radius 2 is 1.81 bits per heavy atom. The average Bonchev–Trinajstić information content (AvgIpc) is 3.06. The van der Waals surface area contributed by atoms with Crippen molar-refractivity contribution < 1.29 is 27.5 Å². The summed E-state index contributed by atoms with van der Waals surface area (Å²) in [7, 11) is 0. The normalized spacial score (nSPS) is 17.7. The molecule has 5 nitrogen and oxygen atoms in total. The van der Waals surface area contributed by atoms with Gasteiger partial charge in [-0.2, -0.15) is 13.2 Å². The molecule has 1 aliphatic heterocycles. The number of carbonyl (C=O) groups is 2. The number of rotatable bonds is 5. The van der Waals surface area contributed by atoms with E-state index < -0.39 is 30.6 Å². The van der Waals surface area contributed by atoms with E-state index in [9.17, 15) is 22.8 Å². The Bertz CT molecular complexity index is 666. The van der Waals surface area contributed by atoms with Gasteiger partial charge < -0.3 is 15.0 Å². The maximum atomic E-state index is 12.4. The van der Waals surface area contributed by atoms with E-state index in [4.69, 9.17) is 4.74 Å². The lowest BCUT2D eigenvalue weighted by molar-refractivity contribution is -0.145. The summed E-state index contributed by atoms with van der Waals surface area (Å²) in [4.78, 5) is 25.6. The minimum Gasteiger partial charge on any atom is -0.484 e. The Hall–Kier alpha value is -2.25. The van der Waals surface area contributed by atoms with E-state index in [1.54, 1.807) is 12.1 Å². The van der Waals surface area contributed by atoms with E-state index in [1.165, 1.54) is 4.90 Å². The van der Waals surface area contributed by atoms with Crippen molar-refractivity contribution in [1.82, 2.24) is 10.2 Å². The molecule has 2 amide bonds. The Morgan fingerprint density at radius 1 is 1.19 bits per heavy atom. The summed E-state index contributed by atoms with van der Waals surface area (Å²) in [5.41, 5.74) is 1.13. The molecule has 1 fully saturated rings. The molecule has 1 saturated heterocycles. The lowest BCUT2D eigenvalue weighted by atomic mass is 9.87. The van der Waals surface area contributed by atoms with Gasteiger partial charge in [-0.1, -0.05) is 32.9 Å². The van der Waals surface area contributed by atoms with Crippen molar-refractivity contribution >= 4 is 11.8 Å². The molecule has 1 atom stereocenters. The van der Waals surface area contributed by atoms with Crippen LogP contribution in [0.4, 0.5) is 13.2 Å². The molecular formula is C19H25F3N2O3. The fraction of sp³-hybridized carbons (Fsp3) is 0.579. The van der Waals surface area contributed by atoms with Gasteiger partial charge >= 0.3 is 6.18 Å². The first-order chi connectivity index (χ1) is 12.5. The first-order valence-electron chi connectivity index (χ1n) is 8.84. The Labute approximate surface area is 156 Å². The van der Waals surface area contributed by atoms with Crippen molar-refractivity contribution in [2.24, 2.45) is 0 Å². The molecule has 1 aromatic carbocycles. The number of nitrogens with one attached hydrogen (secondary N) is 1. The second-order valence-electron chi connectivity index (χ2n) is 7.64. The lowest BCUT2D eigenvalue weighted by Crippen LogP contribution is -2.49. The number of amides is 2. The topological polar surface area (TPSA) is 58.6 Å². The van der Waals surface area contributed by atoms with Gasteiger partial charge in [-0.3, -0.25) is 9.59 Å². The molecule has 1 N–H and O–H groups in total. The summed E-state index contributed by atoms with van der Waals surface area (Å²) in [6.07, 6.45) is -3.57. The maximum absolute atomic E-state index is 12.4. The molecule has 0 saturated carbocycles. The summed E-state index contributed by atoms with van der Waals surface area (Å²) in [6, 6.07) is 6.50. The summed E-state index contributed by atoms with van der Waals surface area (Å²) in [6.45, 7) is 4.92. The van der Waals surface area contributed by atoms with Crippen LogP contribution in [0.2, 0.25) is 0 Å². The van der Waals surface area contributed by atoms with Crippen molar-refractivity contribution in [2.45, 2.75) is 51.2 Å². The van der Waals surface area contributed by atoms with Crippen LogP contribution < -0.4 is 10.1 Å². The number of benzene rings is 1. The predicted molar refractivity (Wildman–Crippen MR) is 94.4 cm³/mol. The van der Waals surface area contributed by atoms with E-state index in [2.05, 4.69) is 20.8 Å². The standard InChI is InChI=1S/C19H25F3N2O3/c1-18(2,3)13-6-8-14(9-7-13)27-11-16(25)24-10-4-5-15(24)17(26)23-12-19(20,21)22/h6-9,15H,4-5,10-12H2,1-3H3,(H,23,26). The molecule has 27 heavy (non-hydrogen) atoms. The second kappa shape index (κ2) is 8.19. The van der Waals surface area contributed by atoms with Crippen molar-refractivity contribution in [1.29, 1.82) is 0 Å². The van der Waals surface area contributed by atoms with Crippen LogP contribution in [-0.4, -0.2) is 48.6 Å². The zero-order valence-corrected chi connectivity index (χ0v) is 15.7. The molecule has 2 rings (SSSR count). The minimum absolute atomic E-state index is 0.000891. The molecule has 1 heterocycles. The van der Waals surface area contributed by atoms with Gasteiger partial charge in [-0.05, 0) is 36.0 Å². The number of likely N-dealkylation sites (tertiary alicyclic amines) is 1. The molecule has 0 bridgehead atoms. The van der Waals surface area contributed by atoms with Crippen LogP contribution in [0.5, 0.6) is 5.75 Å². The Morgan fingerprint density at radius 3 is 2.37 bits per heavy atom. The lowest BCUT2D eigenvalue weighted by Gasteiger charge is -2.24. The molecular weight excluding hydrogens is 361 g/mol. The van der Waals surface area contributed by atoms with Crippen molar-refractivity contribution in [3.8, 4) is 5.75 Å². The van der Waals surface area contributed by atoms with E-state index in [0.717, 1.165) is 5.56 Å². The van der Waals surface area contributed by atoms with Crippen LogP contribution in [0.3, 0.4) is 0 Å². The fourth-order valence-corrected chi connectivity index (χ4v) is 2.92. The first-order valence-corrected chi connectivity index (χ1v) is 8.84. The van der Waals surface area contributed by atoms with Crippen molar-refractivity contribution in [2.75, 3.05) is 19.7 Å². The Balaban J connectivity index is 1.90. The van der Waals surface area contributed by atoms with Crippen molar-refractivity contribution in [3.05, 3.63) is 29.8 Å². The largest absolute Gasteiger partial charge is 0.484 e. The maximum Gasteiger partial charge on any atom is 0.405 e. The number of carbonyl (C=O) groups excluding carboxylic acids is 2. The molecule has 1 unspecified atom stereocenters. The molecule has 0 spiro atoms. The quantitative estimate of drug-likeness (QED) is 0.846. The molecule has 0 radical (unpaired) electrons. The first kappa shape index (κ1) is 21.1. The molecule has 1 aliphatic rings. The van der Waals surface area contributed by atoms with E-state index >= 15 is 0 Å². The molecule has 150 valence electrons. The highest BCUT2D eigenvalue weighted by molar-refractivity contribution is 5.88. The van der Waals surface area contributed by atoms with Crippen LogP contribution in [0.15, 0.2) is 24.3 Å².